The van der Waals surface area contributed by atoms with E-state index in [0.717, 1.165) is 25.3 Å². The number of anilines is 1. The van der Waals surface area contributed by atoms with Gasteiger partial charge in [-0.25, -0.2) is 4.39 Å². The number of carbonyl (C=O) groups is 1. The fourth-order valence-electron chi connectivity index (χ4n) is 5.28. The van der Waals surface area contributed by atoms with Gasteiger partial charge in [-0.15, -0.1) is 10.2 Å². The Morgan fingerprint density at radius 3 is 2.49 bits per heavy atom. The summed E-state index contributed by atoms with van der Waals surface area (Å²) in [5, 5.41) is 11.0. The summed E-state index contributed by atoms with van der Waals surface area (Å²) in [5.41, 5.74) is -1.91. The second-order valence-electron chi connectivity index (χ2n) is 10.3. The number of hydrogen-bond donors (Lipinski definition) is 1. The Hall–Kier alpha value is -3.27. The van der Waals surface area contributed by atoms with Crippen LogP contribution in [0, 0.1) is 0 Å². The predicted molar refractivity (Wildman–Crippen MR) is 131 cm³/mol. The number of amides is 1. The van der Waals surface area contributed by atoms with E-state index in [1.807, 2.05) is 0 Å². The van der Waals surface area contributed by atoms with Crippen LogP contribution in [-0.4, -0.2) is 26.2 Å². The number of benzene rings is 2. The van der Waals surface area contributed by atoms with Crippen LogP contribution < -0.4 is 10.2 Å². The minimum atomic E-state index is -4.61. The lowest BCUT2D eigenvalue weighted by Crippen LogP contribution is -2.47. The van der Waals surface area contributed by atoms with E-state index in [1.54, 1.807) is 38.2 Å². The topological polar surface area (TPSA) is 63.1 Å². The Morgan fingerprint density at radius 2 is 1.89 bits per heavy atom. The minimum Gasteiger partial charge on any atom is -0.318 e. The van der Waals surface area contributed by atoms with Crippen molar-refractivity contribution in [2.45, 2.75) is 70.0 Å². The molecular formula is C27H29F4N5O. The van der Waals surface area contributed by atoms with Crippen molar-refractivity contribution in [2.24, 2.45) is 7.05 Å². The van der Waals surface area contributed by atoms with Crippen molar-refractivity contribution in [1.29, 1.82) is 0 Å². The van der Waals surface area contributed by atoms with Gasteiger partial charge < -0.3 is 14.8 Å². The van der Waals surface area contributed by atoms with Gasteiger partial charge in [0.15, 0.2) is 11.5 Å². The third-order valence-corrected chi connectivity index (χ3v) is 7.75. The zero-order chi connectivity index (χ0) is 26.6. The summed E-state index contributed by atoms with van der Waals surface area (Å²) in [6, 6.07) is 8.99. The van der Waals surface area contributed by atoms with Crippen LogP contribution in [0.4, 0.5) is 23.2 Å². The number of carbonyl (C=O) groups excluding carboxylic acids is 1. The molecule has 3 aromatic rings. The van der Waals surface area contributed by atoms with Crippen LogP contribution >= 0.6 is 0 Å². The molecule has 0 spiro atoms. The van der Waals surface area contributed by atoms with E-state index in [0.29, 0.717) is 11.3 Å². The third kappa shape index (κ3) is 4.41. The fraction of sp³-hybridized carbons (Fsp3) is 0.444. The Morgan fingerprint density at radius 1 is 1.14 bits per heavy atom. The first kappa shape index (κ1) is 25.4. The number of alkyl halides is 4. The number of nitrogens with one attached hydrogen (secondary N) is 1. The maximum atomic E-state index is 16.2. The average molecular weight is 516 g/mol. The molecule has 0 radical (unpaired) electrons. The molecule has 196 valence electrons. The number of nitrogens with zero attached hydrogens (tertiary/aromatic N) is 4. The van der Waals surface area contributed by atoms with Crippen molar-refractivity contribution < 1.29 is 22.4 Å². The zero-order valence-electron chi connectivity index (χ0n) is 21.0. The Labute approximate surface area is 212 Å². The quantitative estimate of drug-likeness (QED) is 0.413. The van der Waals surface area contributed by atoms with Gasteiger partial charge >= 0.3 is 6.18 Å². The van der Waals surface area contributed by atoms with E-state index in [1.165, 1.54) is 21.9 Å². The van der Waals surface area contributed by atoms with Crippen molar-refractivity contribution in [3.8, 4) is 0 Å². The Bertz CT molecular complexity index is 1350. The molecule has 0 bridgehead atoms. The van der Waals surface area contributed by atoms with Crippen LogP contribution in [-0.2, 0) is 32.0 Å². The molecule has 1 aliphatic carbocycles. The molecule has 37 heavy (non-hydrogen) atoms. The first-order valence-electron chi connectivity index (χ1n) is 12.4. The lowest BCUT2D eigenvalue weighted by atomic mass is 9.78. The van der Waals surface area contributed by atoms with Crippen LogP contribution in [0.3, 0.4) is 0 Å². The van der Waals surface area contributed by atoms with Gasteiger partial charge in [0.25, 0.3) is 5.91 Å². The molecule has 0 saturated heterocycles. The van der Waals surface area contributed by atoms with Crippen LogP contribution in [0.2, 0.25) is 0 Å². The highest BCUT2D eigenvalue weighted by molar-refractivity contribution is 6.10. The summed E-state index contributed by atoms with van der Waals surface area (Å²) in [6.45, 7) is 3.73. The van der Waals surface area contributed by atoms with Gasteiger partial charge in [-0.2, -0.15) is 13.2 Å². The van der Waals surface area contributed by atoms with Gasteiger partial charge in [-0.3, -0.25) is 4.79 Å². The van der Waals surface area contributed by atoms with Gasteiger partial charge in [-0.1, -0.05) is 19.1 Å². The van der Waals surface area contributed by atoms with Crippen molar-refractivity contribution in [3.63, 3.8) is 0 Å². The number of hydrogen-bond acceptors (Lipinski definition) is 4. The second kappa shape index (κ2) is 8.93. The standard InChI is InChI=1S/C27H29F4N5O/c1-4-26(28,24-34-33-16-35(24)3)18-7-5-8-19(13-18)36-15-21-20(23(36)37)11-17(12-22(21)27(29,30)31)14-32-25(2)9-6-10-25/h5,7-8,11-13,16,32H,4,6,9-10,14-15H2,1-3H3/t26-/m1/s1. The molecule has 1 aromatic heterocycles. The molecule has 1 atom stereocenters. The molecular weight excluding hydrogens is 486 g/mol. The number of aryl methyl sites for hydroxylation is 1. The van der Waals surface area contributed by atoms with Crippen molar-refractivity contribution >= 4 is 11.6 Å². The average Bonchev–Trinajstić information content (AvgIpc) is 3.43. The van der Waals surface area contributed by atoms with E-state index in [4.69, 9.17) is 0 Å². The summed E-state index contributed by atoms with van der Waals surface area (Å²) < 4.78 is 59.9. The van der Waals surface area contributed by atoms with E-state index >= 15 is 4.39 Å². The molecule has 1 fully saturated rings. The summed E-state index contributed by atoms with van der Waals surface area (Å²) in [5.74, 6) is -0.422. The largest absolute Gasteiger partial charge is 0.416 e. The summed E-state index contributed by atoms with van der Waals surface area (Å²) in [7, 11) is 1.64. The highest BCUT2D eigenvalue weighted by atomic mass is 19.4. The molecule has 1 saturated carbocycles. The first-order chi connectivity index (χ1) is 17.4. The smallest absolute Gasteiger partial charge is 0.318 e. The van der Waals surface area contributed by atoms with Crippen LogP contribution in [0.15, 0.2) is 42.7 Å². The second-order valence-corrected chi connectivity index (χ2v) is 10.3. The predicted octanol–water partition coefficient (Wildman–Crippen LogP) is 5.65. The molecule has 2 aliphatic rings. The maximum absolute atomic E-state index is 16.2. The summed E-state index contributed by atoms with van der Waals surface area (Å²) in [6.07, 6.45) is -0.127. The lowest BCUT2D eigenvalue weighted by Gasteiger charge is -2.39. The highest BCUT2D eigenvalue weighted by Gasteiger charge is 2.42. The lowest BCUT2D eigenvalue weighted by molar-refractivity contribution is -0.138. The molecule has 1 aliphatic heterocycles. The monoisotopic (exact) mass is 515 g/mol. The normalized spacial score (nSPS) is 18.5. The minimum absolute atomic E-state index is 0.0334. The molecule has 6 nitrogen and oxygen atoms in total. The molecule has 1 N–H and O–H groups in total. The third-order valence-electron chi connectivity index (χ3n) is 7.75. The van der Waals surface area contributed by atoms with Crippen molar-refractivity contribution in [3.05, 3.63) is 76.4 Å². The van der Waals surface area contributed by atoms with E-state index < -0.39 is 23.3 Å². The van der Waals surface area contributed by atoms with Crippen LogP contribution in [0.1, 0.15) is 78.0 Å². The van der Waals surface area contributed by atoms with Gasteiger partial charge in [0.2, 0.25) is 0 Å². The van der Waals surface area contributed by atoms with E-state index in [2.05, 4.69) is 22.4 Å². The van der Waals surface area contributed by atoms with Gasteiger partial charge in [0.1, 0.15) is 6.33 Å². The van der Waals surface area contributed by atoms with Crippen molar-refractivity contribution in [2.75, 3.05) is 4.90 Å². The molecule has 2 aromatic carbocycles. The summed E-state index contributed by atoms with van der Waals surface area (Å²) in [4.78, 5) is 14.7. The van der Waals surface area contributed by atoms with Gasteiger partial charge in [0, 0.05) is 30.4 Å². The fourth-order valence-corrected chi connectivity index (χ4v) is 5.28. The number of halogens is 4. The molecule has 5 rings (SSSR count). The van der Waals surface area contributed by atoms with Gasteiger partial charge in [0.05, 0.1) is 12.1 Å². The number of rotatable bonds is 7. The van der Waals surface area contributed by atoms with Crippen LogP contribution in [0.5, 0.6) is 0 Å². The number of fused-ring (bicyclic) bond motifs is 1. The Kier molecular flexibility index (Phi) is 6.13. The van der Waals surface area contributed by atoms with Gasteiger partial charge in [-0.05, 0) is 73.6 Å². The molecule has 10 heteroatoms. The van der Waals surface area contributed by atoms with E-state index in [9.17, 15) is 18.0 Å². The molecule has 1 amide bonds. The number of aromatic nitrogens is 3. The SMILES string of the molecule is CC[C@@](F)(c1cccc(N2Cc3c(cc(CNC4(C)CCC4)cc3C(F)(F)F)C2=O)c1)c1nncn1C. The molecule has 0 unspecified atom stereocenters. The first-order valence-corrected chi connectivity index (χ1v) is 12.4. The van der Waals surface area contributed by atoms with E-state index in [-0.39, 0.29) is 47.6 Å². The van der Waals surface area contributed by atoms with Crippen LogP contribution in [0.25, 0.3) is 0 Å². The highest BCUT2D eigenvalue weighted by Crippen LogP contribution is 2.42. The maximum Gasteiger partial charge on any atom is 0.416 e. The summed E-state index contributed by atoms with van der Waals surface area (Å²) >= 11 is 0. The molecule has 2 heterocycles. The zero-order valence-corrected chi connectivity index (χ0v) is 21.0. The van der Waals surface area contributed by atoms with Crippen molar-refractivity contribution in [1.82, 2.24) is 20.1 Å². The Balaban J connectivity index is 1.50.